The number of hydrogen-bond acceptors (Lipinski definition) is 6. The molecule has 0 heterocycles. The molecule has 0 saturated carbocycles. The van der Waals surface area contributed by atoms with Crippen LogP contribution in [-0.2, 0) is 14.3 Å². The number of ether oxygens (including phenoxy) is 3. The zero-order chi connectivity index (χ0) is 23.0. The maximum atomic E-state index is 12.5. The molecule has 2 rings (SSSR count). The van der Waals surface area contributed by atoms with Crippen molar-refractivity contribution in [2.24, 2.45) is 0 Å². The van der Waals surface area contributed by atoms with Crippen LogP contribution >= 0.6 is 0 Å². The second-order valence-electron chi connectivity index (χ2n) is 7.16. The van der Waals surface area contributed by atoms with Crippen molar-refractivity contribution in [2.45, 2.75) is 33.8 Å². The SMILES string of the molecule is COc1cc(/C=C(/C#N)C(=O)Nc2ccc(C)c(C)c2)ccc1OCC(=O)OC(C)C. The molecule has 0 aromatic heterocycles. The summed E-state index contributed by atoms with van der Waals surface area (Å²) in [6.07, 6.45) is 1.22. The maximum absolute atomic E-state index is 12.5. The molecule has 162 valence electrons. The number of nitrogens with zero attached hydrogens (tertiary/aromatic N) is 1. The lowest BCUT2D eigenvalue weighted by Crippen LogP contribution is -2.18. The molecule has 7 heteroatoms. The summed E-state index contributed by atoms with van der Waals surface area (Å²) >= 11 is 0. The highest BCUT2D eigenvalue weighted by Gasteiger charge is 2.13. The van der Waals surface area contributed by atoms with E-state index in [9.17, 15) is 14.9 Å². The van der Waals surface area contributed by atoms with E-state index < -0.39 is 11.9 Å². The van der Waals surface area contributed by atoms with Crippen LogP contribution in [0.3, 0.4) is 0 Å². The van der Waals surface area contributed by atoms with Gasteiger partial charge in [0, 0.05) is 5.69 Å². The number of carbonyl (C=O) groups is 2. The first-order chi connectivity index (χ1) is 14.7. The van der Waals surface area contributed by atoms with Gasteiger partial charge in [-0.2, -0.15) is 5.26 Å². The number of methoxy groups -OCH3 is 1. The van der Waals surface area contributed by atoms with Crippen molar-refractivity contribution in [1.82, 2.24) is 0 Å². The Balaban J connectivity index is 2.16. The summed E-state index contributed by atoms with van der Waals surface area (Å²) in [5.74, 6) is -0.298. The number of benzene rings is 2. The fraction of sp³-hybridized carbons (Fsp3) is 0.292. The minimum atomic E-state index is -0.513. The molecule has 1 amide bonds. The largest absolute Gasteiger partial charge is 0.493 e. The van der Waals surface area contributed by atoms with Crippen molar-refractivity contribution >= 4 is 23.6 Å². The molecule has 0 spiro atoms. The molecule has 0 atom stereocenters. The van der Waals surface area contributed by atoms with Crippen molar-refractivity contribution in [3.05, 3.63) is 58.7 Å². The molecule has 0 aliphatic rings. The molecule has 1 N–H and O–H groups in total. The van der Waals surface area contributed by atoms with E-state index in [1.54, 1.807) is 38.1 Å². The third-order valence-electron chi connectivity index (χ3n) is 4.34. The lowest BCUT2D eigenvalue weighted by atomic mass is 10.1. The van der Waals surface area contributed by atoms with E-state index in [-0.39, 0.29) is 18.3 Å². The number of nitrogens with one attached hydrogen (secondary N) is 1. The fourth-order valence-electron chi connectivity index (χ4n) is 2.66. The first-order valence-electron chi connectivity index (χ1n) is 9.74. The van der Waals surface area contributed by atoms with E-state index in [0.717, 1.165) is 11.1 Å². The predicted octanol–water partition coefficient (Wildman–Crippen LogP) is 4.19. The van der Waals surface area contributed by atoms with Gasteiger partial charge in [0.05, 0.1) is 13.2 Å². The van der Waals surface area contributed by atoms with Gasteiger partial charge < -0.3 is 19.5 Å². The summed E-state index contributed by atoms with van der Waals surface area (Å²) in [6.45, 7) is 7.18. The van der Waals surface area contributed by atoms with Gasteiger partial charge in [-0.15, -0.1) is 0 Å². The number of rotatable bonds is 8. The normalized spacial score (nSPS) is 10.9. The van der Waals surface area contributed by atoms with Gasteiger partial charge in [-0.25, -0.2) is 4.79 Å². The summed E-state index contributed by atoms with van der Waals surface area (Å²) in [5.41, 5.74) is 3.28. The molecule has 31 heavy (non-hydrogen) atoms. The van der Waals surface area contributed by atoms with Gasteiger partial charge in [0.1, 0.15) is 11.6 Å². The van der Waals surface area contributed by atoms with E-state index in [2.05, 4.69) is 5.32 Å². The summed E-state index contributed by atoms with van der Waals surface area (Å²) in [4.78, 5) is 24.2. The van der Waals surface area contributed by atoms with Gasteiger partial charge >= 0.3 is 5.97 Å². The maximum Gasteiger partial charge on any atom is 0.344 e. The van der Waals surface area contributed by atoms with Crippen LogP contribution < -0.4 is 14.8 Å². The monoisotopic (exact) mass is 422 g/mol. The third kappa shape index (κ3) is 6.89. The molecule has 0 aliphatic carbocycles. The molecule has 0 aliphatic heterocycles. The molecular formula is C24H26N2O5. The number of esters is 1. The number of hydrogen-bond donors (Lipinski definition) is 1. The number of aryl methyl sites for hydroxylation is 2. The van der Waals surface area contributed by atoms with Crippen molar-refractivity contribution in [2.75, 3.05) is 19.0 Å². The van der Waals surface area contributed by atoms with E-state index >= 15 is 0 Å². The number of nitriles is 1. The Hall–Kier alpha value is -3.79. The standard InChI is InChI=1S/C24H26N2O5/c1-15(2)31-23(27)14-30-21-9-7-18(12-22(21)29-5)11-19(13-25)24(28)26-20-8-6-16(3)17(4)10-20/h6-12,15H,14H2,1-5H3,(H,26,28)/b19-11-. The average molecular weight is 422 g/mol. The van der Waals surface area contributed by atoms with Crippen molar-refractivity contribution < 1.29 is 23.8 Å². The van der Waals surface area contributed by atoms with Gasteiger partial charge in [-0.1, -0.05) is 12.1 Å². The molecule has 7 nitrogen and oxygen atoms in total. The molecule has 0 saturated heterocycles. The predicted molar refractivity (Wildman–Crippen MR) is 118 cm³/mol. The molecule has 0 radical (unpaired) electrons. The second-order valence-corrected chi connectivity index (χ2v) is 7.16. The third-order valence-corrected chi connectivity index (χ3v) is 4.34. The van der Waals surface area contributed by atoms with E-state index in [1.165, 1.54) is 13.2 Å². The van der Waals surface area contributed by atoms with Gasteiger partial charge in [0.25, 0.3) is 5.91 Å². The zero-order valence-corrected chi connectivity index (χ0v) is 18.3. The Kier molecular flexibility index (Phi) is 8.21. The van der Waals surface area contributed by atoms with E-state index in [4.69, 9.17) is 14.2 Å². The van der Waals surface area contributed by atoms with Crippen LogP contribution in [-0.4, -0.2) is 31.7 Å². The second kappa shape index (κ2) is 10.8. The molecule has 2 aromatic rings. The average Bonchev–Trinajstić information content (AvgIpc) is 2.72. The topological polar surface area (TPSA) is 97.6 Å². The van der Waals surface area contributed by atoms with Crippen molar-refractivity contribution in [1.29, 1.82) is 5.26 Å². The molecule has 0 unspecified atom stereocenters. The van der Waals surface area contributed by atoms with Crippen LogP contribution in [0.25, 0.3) is 6.08 Å². The van der Waals surface area contributed by atoms with E-state index in [1.807, 2.05) is 32.0 Å². The Bertz CT molecular complexity index is 1030. The van der Waals surface area contributed by atoms with Crippen LogP contribution in [0.4, 0.5) is 5.69 Å². The van der Waals surface area contributed by atoms with Gasteiger partial charge in [0.15, 0.2) is 18.1 Å². The van der Waals surface area contributed by atoms with Gasteiger partial charge in [0.2, 0.25) is 0 Å². The molecular weight excluding hydrogens is 396 g/mol. The summed E-state index contributed by atoms with van der Waals surface area (Å²) in [7, 11) is 1.46. The fourth-order valence-corrected chi connectivity index (χ4v) is 2.66. The number of carbonyl (C=O) groups excluding carboxylic acids is 2. The molecule has 0 bridgehead atoms. The first-order valence-corrected chi connectivity index (χ1v) is 9.74. The van der Waals surface area contributed by atoms with E-state index in [0.29, 0.717) is 22.7 Å². The van der Waals surface area contributed by atoms with Crippen LogP contribution in [0, 0.1) is 25.2 Å². The van der Waals surface area contributed by atoms with Crippen LogP contribution in [0.15, 0.2) is 42.0 Å². The highest BCUT2D eigenvalue weighted by atomic mass is 16.6. The minimum Gasteiger partial charge on any atom is -0.493 e. The molecule has 0 fully saturated rings. The lowest BCUT2D eigenvalue weighted by molar-refractivity contribution is -0.149. The van der Waals surface area contributed by atoms with Crippen molar-refractivity contribution in [3.8, 4) is 17.6 Å². The summed E-state index contributed by atoms with van der Waals surface area (Å²) < 4.78 is 15.8. The number of anilines is 1. The van der Waals surface area contributed by atoms with Gasteiger partial charge in [-0.3, -0.25) is 4.79 Å². The first kappa shape index (κ1) is 23.5. The number of amides is 1. The van der Waals surface area contributed by atoms with Gasteiger partial charge in [-0.05, 0) is 74.7 Å². The van der Waals surface area contributed by atoms with Crippen LogP contribution in [0.5, 0.6) is 11.5 Å². The van der Waals surface area contributed by atoms with Crippen molar-refractivity contribution in [3.63, 3.8) is 0 Å². The highest BCUT2D eigenvalue weighted by Crippen LogP contribution is 2.29. The minimum absolute atomic E-state index is 0.0607. The quantitative estimate of drug-likeness (QED) is 0.389. The Morgan fingerprint density at radius 2 is 1.84 bits per heavy atom. The summed E-state index contributed by atoms with van der Waals surface area (Å²) in [6, 6.07) is 12.3. The van der Waals surface area contributed by atoms with Crippen LogP contribution in [0.2, 0.25) is 0 Å². The Morgan fingerprint density at radius 1 is 1.10 bits per heavy atom. The lowest BCUT2D eigenvalue weighted by Gasteiger charge is -2.12. The zero-order valence-electron chi connectivity index (χ0n) is 18.3. The summed E-state index contributed by atoms with van der Waals surface area (Å²) in [5, 5.41) is 12.2. The Morgan fingerprint density at radius 3 is 2.45 bits per heavy atom. The van der Waals surface area contributed by atoms with Crippen LogP contribution in [0.1, 0.15) is 30.5 Å². The Labute approximate surface area is 182 Å². The molecule has 2 aromatic carbocycles. The smallest absolute Gasteiger partial charge is 0.344 e. The highest BCUT2D eigenvalue weighted by molar-refractivity contribution is 6.09.